The molecule has 1 unspecified atom stereocenters. The van der Waals surface area contributed by atoms with E-state index in [0.29, 0.717) is 19.4 Å². The number of carbonyl (C=O) groups excluding carboxylic acids is 2. The van der Waals surface area contributed by atoms with Gasteiger partial charge in [0.25, 0.3) is 0 Å². The van der Waals surface area contributed by atoms with Crippen molar-refractivity contribution in [2.24, 2.45) is 5.92 Å². The Bertz CT molecular complexity index is 512. The quantitative estimate of drug-likeness (QED) is 0.695. The number of nitrogens with one attached hydrogen (secondary N) is 2. The molecule has 0 heterocycles. The lowest BCUT2D eigenvalue weighted by Crippen LogP contribution is -2.34. The topological polar surface area (TPSA) is 58.2 Å². The van der Waals surface area contributed by atoms with E-state index >= 15 is 0 Å². The Labute approximate surface area is 140 Å². The van der Waals surface area contributed by atoms with Crippen molar-refractivity contribution in [2.75, 3.05) is 6.54 Å². The molecule has 0 bridgehead atoms. The SMILES string of the molecule is CC(Cc1ccc(Br)cc1)NC(=O)CCCNC(=O)C1CC1. The van der Waals surface area contributed by atoms with Crippen LogP contribution < -0.4 is 10.6 Å². The summed E-state index contributed by atoms with van der Waals surface area (Å²) in [7, 11) is 0. The second kappa shape index (κ2) is 8.32. The third kappa shape index (κ3) is 6.18. The van der Waals surface area contributed by atoms with Crippen molar-refractivity contribution in [3.8, 4) is 0 Å². The number of benzene rings is 1. The minimum atomic E-state index is 0.0466. The summed E-state index contributed by atoms with van der Waals surface area (Å²) in [5, 5.41) is 5.88. The zero-order valence-corrected chi connectivity index (χ0v) is 14.5. The van der Waals surface area contributed by atoms with Gasteiger partial charge in [-0.25, -0.2) is 0 Å². The number of carbonyl (C=O) groups is 2. The second-order valence-electron chi connectivity index (χ2n) is 5.97. The Morgan fingerprint density at radius 1 is 1.27 bits per heavy atom. The van der Waals surface area contributed by atoms with Crippen molar-refractivity contribution in [2.45, 2.75) is 45.1 Å². The largest absolute Gasteiger partial charge is 0.356 e. The van der Waals surface area contributed by atoms with Crippen molar-refractivity contribution in [3.63, 3.8) is 0 Å². The van der Waals surface area contributed by atoms with Crippen LogP contribution in [-0.4, -0.2) is 24.4 Å². The summed E-state index contributed by atoms with van der Waals surface area (Å²) < 4.78 is 1.06. The van der Waals surface area contributed by atoms with Gasteiger partial charge >= 0.3 is 0 Å². The van der Waals surface area contributed by atoms with E-state index in [2.05, 4.69) is 38.7 Å². The van der Waals surface area contributed by atoms with Crippen LogP contribution in [-0.2, 0) is 16.0 Å². The van der Waals surface area contributed by atoms with Crippen LogP contribution in [0.3, 0.4) is 0 Å². The molecule has 0 aromatic heterocycles. The van der Waals surface area contributed by atoms with Gasteiger partial charge in [0.2, 0.25) is 11.8 Å². The van der Waals surface area contributed by atoms with Gasteiger partial charge in [-0.05, 0) is 50.3 Å². The van der Waals surface area contributed by atoms with Crippen molar-refractivity contribution < 1.29 is 9.59 Å². The first-order valence-corrected chi connectivity index (χ1v) is 8.65. The Kier molecular flexibility index (Phi) is 6.43. The zero-order chi connectivity index (χ0) is 15.9. The summed E-state index contributed by atoms with van der Waals surface area (Å²) in [6.45, 7) is 2.60. The van der Waals surface area contributed by atoms with Crippen LogP contribution in [0.25, 0.3) is 0 Å². The van der Waals surface area contributed by atoms with Gasteiger partial charge in [-0.15, -0.1) is 0 Å². The van der Waals surface area contributed by atoms with Gasteiger partial charge in [-0.2, -0.15) is 0 Å². The monoisotopic (exact) mass is 366 g/mol. The van der Waals surface area contributed by atoms with Crippen LogP contribution in [0.2, 0.25) is 0 Å². The summed E-state index contributed by atoms with van der Waals surface area (Å²) in [4.78, 5) is 23.3. The van der Waals surface area contributed by atoms with E-state index in [1.165, 1.54) is 5.56 Å². The number of halogens is 1. The molecule has 0 saturated heterocycles. The highest BCUT2D eigenvalue weighted by molar-refractivity contribution is 9.10. The fourth-order valence-corrected chi connectivity index (χ4v) is 2.59. The van der Waals surface area contributed by atoms with Gasteiger partial charge in [0, 0.05) is 29.4 Å². The first-order chi connectivity index (χ1) is 10.5. The molecule has 1 aliphatic rings. The number of rotatable bonds is 8. The van der Waals surface area contributed by atoms with Crippen LogP contribution in [0.15, 0.2) is 28.7 Å². The average molecular weight is 367 g/mol. The predicted octanol–water partition coefficient (Wildman–Crippen LogP) is 2.80. The highest BCUT2D eigenvalue weighted by Crippen LogP contribution is 2.28. The average Bonchev–Trinajstić information content (AvgIpc) is 3.30. The predicted molar refractivity (Wildman–Crippen MR) is 90.4 cm³/mol. The van der Waals surface area contributed by atoms with E-state index in [-0.39, 0.29) is 23.8 Å². The van der Waals surface area contributed by atoms with Gasteiger partial charge in [-0.3, -0.25) is 9.59 Å². The zero-order valence-electron chi connectivity index (χ0n) is 12.9. The molecule has 120 valence electrons. The Morgan fingerprint density at radius 2 is 1.95 bits per heavy atom. The number of hydrogen-bond donors (Lipinski definition) is 2. The van der Waals surface area contributed by atoms with Crippen LogP contribution >= 0.6 is 15.9 Å². The van der Waals surface area contributed by atoms with Crippen LogP contribution in [0.1, 0.15) is 38.2 Å². The molecule has 5 heteroatoms. The molecule has 0 spiro atoms. The molecule has 2 N–H and O–H groups in total. The molecule has 2 amide bonds. The minimum absolute atomic E-state index is 0.0466. The Morgan fingerprint density at radius 3 is 2.59 bits per heavy atom. The second-order valence-corrected chi connectivity index (χ2v) is 6.88. The lowest BCUT2D eigenvalue weighted by Gasteiger charge is -2.14. The van der Waals surface area contributed by atoms with Gasteiger partial charge in [0.1, 0.15) is 0 Å². The molecule has 22 heavy (non-hydrogen) atoms. The van der Waals surface area contributed by atoms with Crippen LogP contribution in [0.5, 0.6) is 0 Å². The Balaban J connectivity index is 1.59. The molecule has 2 rings (SSSR count). The molecular weight excluding hydrogens is 344 g/mol. The normalized spacial score (nSPS) is 15.2. The van der Waals surface area contributed by atoms with Crippen molar-refractivity contribution in [1.82, 2.24) is 10.6 Å². The van der Waals surface area contributed by atoms with Gasteiger partial charge in [-0.1, -0.05) is 28.1 Å². The molecule has 1 saturated carbocycles. The third-order valence-electron chi connectivity index (χ3n) is 3.69. The van der Waals surface area contributed by atoms with Crippen LogP contribution in [0.4, 0.5) is 0 Å². The van der Waals surface area contributed by atoms with E-state index in [1.54, 1.807) is 0 Å². The first kappa shape index (κ1) is 17.0. The van der Waals surface area contributed by atoms with E-state index in [9.17, 15) is 9.59 Å². The summed E-state index contributed by atoms with van der Waals surface area (Å²) >= 11 is 3.41. The van der Waals surface area contributed by atoms with Gasteiger partial charge in [0.15, 0.2) is 0 Å². The molecule has 0 aliphatic heterocycles. The molecule has 1 atom stereocenters. The minimum Gasteiger partial charge on any atom is -0.356 e. The maximum Gasteiger partial charge on any atom is 0.223 e. The molecule has 1 aromatic rings. The summed E-state index contributed by atoms with van der Waals surface area (Å²) in [5.74, 6) is 0.425. The van der Waals surface area contributed by atoms with Gasteiger partial charge in [0.05, 0.1) is 0 Å². The van der Waals surface area contributed by atoms with E-state index in [0.717, 1.165) is 23.7 Å². The van der Waals surface area contributed by atoms with Gasteiger partial charge < -0.3 is 10.6 Å². The molecule has 1 aromatic carbocycles. The number of amides is 2. The Hall–Kier alpha value is -1.36. The van der Waals surface area contributed by atoms with E-state index in [1.807, 2.05) is 19.1 Å². The lowest BCUT2D eigenvalue weighted by molar-refractivity contribution is -0.123. The molecule has 4 nitrogen and oxygen atoms in total. The smallest absolute Gasteiger partial charge is 0.223 e. The highest BCUT2D eigenvalue weighted by Gasteiger charge is 2.28. The summed E-state index contributed by atoms with van der Waals surface area (Å²) in [6, 6.07) is 8.23. The fraction of sp³-hybridized carbons (Fsp3) is 0.529. The molecular formula is C17H23BrN2O2. The first-order valence-electron chi connectivity index (χ1n) is 7.86. The number of hydrogen-bond acceptors (Lipinski definition) is 2. The summed E-state index contributed by atoms with van der Waals surface area (Å²) in [6.07, 6.45) is 3.99. The maximum absolute atomic E-state index is 11.9. The van der Waals surface area contributed by atoms with E-state index < -0.39 is 0 Å². The van der Waals surface area contributed by atoms with Crippen LogP contribution in [0, 0.1) is 5.92 Å². The van der Waals surface area contributed by atoms with Crippen molar-refractivity contribution in [1.29, 1.82) is 0 Å². The van der Waals surface area contributed by atoms with Crippen molar-refractivity contribution >= 4 is 27.7 Å². The lowest BCUT2D eigenvalue weighted by atomic mass is 10.1. The molecule has 0 radical (unpaired) electrons. The standard InChI is InChI=1S/C17H23BrN2O2/c1-12(11-13-4-8-15(18)9-5-13)20-16(21)3-2-10-19-17(22)14-6-7-14/h4-5,8-9,12,14H,2-3,6-7,10-11H2,1H3,(H,19,22)(H,20,21). The van der Waals surface area contributed by atoms with E-state index in [4.69, 9.17) is 0 Å². The highest BCUT2D eigenvalue weighted by atomic mass is 79.9. The maximum atomic E-state index is 11.9. The summed E-state index contributed by atoms with van der Waals surface area (Å²) in [5.41, 5.74) is 1.20. The molecule has 1 aliphatic carbocycles. The molecule has 1 fully saturated rings. The third-order valence-corrected chi connectivity index (χ3v) is 4.22. The van der Waals surface area contributed by atoms with Crippen molar-refractivity contribution in [3.05, 3.63) is 34.3 Å². The fourth-order valence-electron chi connectivity index (χ4n) is 2.32.